The van der Waals surface area contributed by atoms with Crippen LogP contribution in [0.15, 0.2) is 77.7 Å². The number of rotatable bonds is 5. The van der Waals surface area contributed by atoms with E-state index >= 15 is 0 Å². The summed E-state index contributed by atoms with van der Waals surface area (Å²) in [6.07, 6.45) is 0. The van der Waals surface area contributed by atoms with Crippen LogP contribution in [0.2, 0.25) is 5.02 Å². The number of benzene rings is 3. The van der Waals surface area contributed by atoms with Gasteiger partial charge in [0.05, 0.1) is 33.3 Å². The number of hydrogen-bond donors (Lipinski definition) is 1. The molecule has 0 fully saturated rings. The first-order chi connectivity index (χ1) is 13.9. The molecule has 6 nitrogen and oxygen atoms in total. The predicted molar refractivity (Wildman–Crippen MR) is 109 cm³/mol. The van der Waals surface area contributed by atoms with E-state index in [-0.39, 0.29) is 28.9 Å². The molecule has 0 saturated carbocycles. The van der Waals surface area contributed by atoms with Crippen LogP contribution in [0, 0.1) is 0 Å². The molecule has 1 aliphatic rings. The summed E-state index contributed by atoms with van der Waals surface area (Å²) < 4.78 is 27.6. The Morgan fingerprint density at radius 2 is 1.34 bits per heavy atom. The van der Waals surface area contributed by atoms with E-state index in [9.17, 15) is 18.0 Å². The van der Waals surface area contributed by atoms with Gasteiger partial charge in [0, 0.05) is 0 Å². The van der Waals surface area contributed by atoms with E-state index in [0.29, 0.717) is 21.7 Å². The van der Waals surface area contributed by atoms with Gasteiger partial charge in [0.2, 0.25) is 0 Å². The fraction of sp³-hybridized carbons (Fsp3) is 0.0476. The molecule has 1 N–H and O–H groups in total. The molecule has 146 valence electrons. The Morgan fingerprint density at radius 3 is 1.93 bits per heavy atom. The van der Waals surface area contributed by atoms with Crippen LogP contribution in [0.5, 0.6) is 0 Å². The SMILES string of the molecule is O=C1c2ccccc2C(=O)N1Cc1ccc(S(=O)(=O)Nc2ccccc2Cl)cc1. The first-order valence-corrected chi connectivity index (χ1v) is 10.5. The van der Waals surface area contributed by atoms with Crippen molar-refractivity contribution in [3.63, 3.8) is 0 Å². The number of fused-ring (bicyclic) bond motifs is 1. The number of hydrogen-bond acceptors (Lipinski definition) is 4. The number of para-hydroxylation sites is 1. The molecule has 0 spiro atoms. The van der Waals surface area contributed by atoms with E-state index in [1.807, 2.05) is 0 Å². The van der Waals surface area contributed by atoms with Crippen LogP contribution in [-0.2, 0) is 16.6 Å². The highest BCUT2D eigenvalue weighted by molar-refractivity contribution is 7.92. The second-order valence-electron chi connectivity index (χ2n) is 6.47. The zero-order valence-corrected chi connectivity index (χ0v) is 16.6. The molecule has 1 heterocycles. The number of anilines is 1. The summed E-state index contributed by atoms with van der Waals surface area (Å²) in [6.45, 7) is 0.0601. The van der Waals surface area contributed by atoms with Crippen LogP contribution in [0.3, 0.4) is 0 Å². The maximum atomic E-state index is 12.6. The molecular formula is C21H15ClN2O4S. The monoisotopic (exact) mass is 426 g/mol. The van der Waals surface area contributed by atoms with Crippen molar-refractivity contribution in [2.24, 2.45) is 0 Å². The minimum atomic E-state index is -3.83. The van der Waals surface area contributed by atoms with Crippen LogP contribution < -0.4 is 4.72 Å². The normalized spacial score (nSPS) is 13.5. The van der Waals surface area contributed by atoms with Crippen molar-refractivity contribution in [3.05, 3.63) is 94.5 Å². The van der Waals surface area contributed by atoms with E-state index < -0.39 is 10.0 Å². The van der Waals surface area contributed by atoms with Gasteiger partial charge in [-0.2, -0.15) is 0 Å². The van der Waals surface area contributed by atoms with Crippen molar-refractivity contribution in [3.8, 4) is 0 Å². The summed E-state index contributed by atoms with van der Waals surface area (Å²) in [7, 11) is -3.83. The number of nitrogens with one attached hydrogen (secondary N) is 1. The molecule has 2 amide bonds. The average molecular weight is 427 g/mol. The van der Waals surface area contributed by atoms with Crippen molar-refractivity contribution in [1.82, 2.24) is 4.90 Å². The lowest BCUT2D eigenvalue weighted by atomic mass is 10.1. The zero-order chi connectivity index (χ0) is 20.6. The highest BCUT2D eigenvalue weighted by Gasteiger charge is 2.34. The molecular weight excluding hydrogens is 412 g/mol. The van der Waals surface area contributed by atoms with Gasteiger partial charge < -0.3 is 0 Å². The van der Waals surface area contributed by atoms with Gasteiger partial charge in [0.25, 0.3) is 21.8 Å². The molecule has 0 atom stereocenters. The minimum absolute atomic E-state index is 0.0449. The van der Waals surface area contributed by atoms with Gasteiger partial charge in [-0.15, -0.1) is 0 Å². The molecule has 0 aliphatic carbocycles. The van der Waals surface area contributed by atoms with Crippen LogP contribution in [0.1, 0.15) is 26.3 Å². The first kappa shape index (κ1) is 19.2. The zero-order valence-electron chi connectivity index (χ0n) is 15.0. The Balaban J connectivity index is 1.52. The summed E-state index contributed by atoms with van der Waals surface area (Å²) in [5.74, 6) is -0.717. The third-order valence-electron chi connectivity index (χ3n) is 4.57. The number of imide groups is 1. The molecule has 0 saturated heterocycles. The van der Waals surface area contributed by atoms with Gasteiger partial charge in [-0.05, 0) is 42.0 Å². The largest absolute Gasteiger partial charge is 0.278 e. The smallest absolute Gasteiger partial charge is 0.261 e. The maximum Gasteiger partial charge on any atom is 0.261 e. The van der Waals surface area contributed by atoms with Crippen molar-refractivity contribution in [1.29, 1.82) is 0 Å². The Labute approximate surface area is 172 Å². The number of amides is 2. The molecule has 3 aromatic rings. The highest BCUT2D eigenvalue weighted by atomic mass is 35.5. The second kappa shape index (κ2) is 7.35. The van der Waals surface area contributed by atoms with Crippen molar-refractivity contribution in [2.75, 3.05) is 4.72 Å². The quantitative estimate of drug-likeness (QED) is 0.626. The van der Waals surface area contributed by atoms with E-state index in [2.05, 4.69) is 4.72 Å². The molecule has 0 aromatic heterocycles. The van der Waals surface area contributed by atoms with Gasteiger partial charge in [0.15, 0.2) is 0 Å². The van der Waals surface area contributed by atoms with Crippen LogP contribution in [0.4, 0.5) is 5.69 Å². The number of carbonyl (C=O) groups is 2. The molecule has 29 heavy (non-hydrogen) atoms. The maximum absolute atomic E-state index is 12.6. The lowest BCUT2D eigenvalue weighted by Crippen LogP contribution is -2.29. The average Bonchev–Trinajstić information content (AvgIpc) is 2.95. The summed E-state index contributed by atoms with van der Waals surface area (Å²) in [4.78, 5) is 26.1. The van der Waals surface area contributed by atoms with Gasteiger partial charge in [-0.25, -0.2) is 8.42 Å². The third-order valence-corrected chi connectivity index (χ3v) is 6.28. The van der Waals surface area contributed by atoms with Crippen LogP contribution >= 0.6 is 11.6 Å². The summed E-state index contributed by atoms with van der Waals surface area (Å²) in [5, 5.41) is 0.290. The molecule has 3 aromatic carbocycles. The molecule has 1 aliphatic heterocycles. The number of nitrogens with zero attached hydrogens (tertiary/aromatic N) is 1. The minimum Gasteiger partial charge on any atom is -0.278 e. The molecule has 4 rings (SSSR count). The number of sulfonamides is 1. The Bertz CT molecular complexity index is 1190. The number of halogens is 1. The molecule has 8 heteroatoms. The van der Waals surface area contributed by atoms with Crippen LogP contribution in [0.25, 0.3) is 0 Å². The Hall–Kier alpha value is -3.16. The summed E-state index contributed by atoms with van der Waals surface area (Å²) in [6, 6.07) is 19.2. The van der Waals surface area contributed by atoms with Crippen molar-refractivity contribution >= 4 is 39.1 Å². The van der Waals surface area contributed by atoms with Gasteiger partial charge in [-0.1, -0.05) is 48.0 Å². The van der Waals surface area contributed by atoms with E-state index in [4.69, 9.17) is 11.6 Å². The van der Waals surface area contributed by atoms with Crippen molar-refractivity contribution < 1.29 is 18.0 Å². The summed E-state index contributed by atoms with van der Waals surface area (Å²) >= 11 is 6.01. The Morgan fingerprint density at radius 1 is 0.793 bits per heavy atom. The fourth-order valence-electron chi connectivity index (χ4n) is 3.09. The van der Waals surface area contributed by atoms with Crippen LogP contribution in [-0.4, -0.2) is 25.1 Å². The third kappa shape index (κ3) is 3.62. The van der Waals surface area contributed by atoms with Crippen molar-refractivity contribution in [2.45, 2.75) is 11.4 Å². The van der Waals surface area contributed by atoms with E-state index in [1.165, 1.54) is 12.1 Å². The number of carbonyl (C=O) groups excluding carboxylic acids is 2. The van der Waals surface area contributed by atoms with E-state index in [0.717, 1.165) is 4.90 Å². The van der Waals surface area contributed by atoms with Gasteiger partial charge in [-0.3, -0.25) is 19.2 Å². The Kier molecular flexibility index (Phi) is 4.86. The van der Waals surface area contributed by atoms with E-state index in [1.54, 1.807) is 60.7 Å². The standard InChI is InChI=1S/C21H15ClN2O4S/c22-18-7-3-4-8-19(18)23-29(27,28)15-11-9-14(10-12-15)13-24-20(25)16-5-1-2-6-17(16)21(24)26/h1-12,23H,13H2. The predicted octanol–water partition coefficient (Wildman–Crippen LogP) is 3.94. The van der Waals surface area contributed by atoms with Gasteiger partial charge in [0.1, 0.15) is 0 Å². The lowest BCUT2D eigenvalue weighted by Gasteiger charge is -2.14. The lowest BCUT2D eigenvalue weighted by molar-refractivity contribution is 0.0642. The van der Waals surface area contributed by atoms with Gasteiger partial charge >= 0.3 is 0 Å². The topological polar surface area (TPSA) is 83.6 Å². The first-order valence-electron chi connectivity index (χ1n) is 8.68. The molecule has 0 unspecified atom stereocenters. The summed E-state index contributed by atoms with van der Waals surface area (Å²) in [5.41, 5.74) is 1.67. The molecule has 0 bridgehead atoms. The molecule has 0 radical (unpaired) electrons. The second-order valence-corrected chi connectivity index (χ2v) is 8.56. The fourth-order valence-corrected chi connectivity index (χ4v) is 4.41. The highest BCUT2D eigenvalue weighted by Crippen LogP contribution is 2.26.